The van der Waals surface area contributed by atoms with Crippen LogP contribution in [0.1, 0.15) is 0 Å². The first-order valence-electron chi connectivity index (χ1n) is 5.21. The first kappa shape index (κ1) is 13.0. The van der Waals surface area contributed by atoms with Crippen molar-refractivity contribution < 1.29 is 28.3 Å². The van der Waals surface area contributed by atoms with E-state index in [0.29, 0.717) is 0 Å². The van der Waals surface area contributed by atoms with Crippen molar-refractivity contribution in [1.82, 2.24) is 5.32 Å². The zero-order chi connectivity index (χ0) is 12.7. The SMILES string of the molecule is CNC1=[N+](C)C2C(OC(C(F)F)C(O)C2O)S1. The summed E-state index contributed by atoms with van der Waals surface area (Å²) in [5.41, 5.74) is -0.597. The molecule has 0 aromatic rings. The van der Waals surface area contributed by atoms with Crippen LogP contribution in [0.15, 0.2) is 0 Å². The standard InChI is InChI=1S/C9H14F2N2O3S/c1-12-9-13(2)3-4(14)5(15)6(7(10)11)16-8(3)17-9/h3-8,14-15H,1-2H3/p+1. The summed E-state index contributed by atoms with van der Waals surface area (Å²) in [6.07, 6.45) is -7.28. The maximum absolute atomic E-state index is 12.6. The Bertz CT molecular complexity index is 342. The Labute approximate surface area is 101 Å². The fourth-order valence-corrected chi connectivity index (χ4v) is 3.45. The second-order valence-corrected chi connectivity index (χ2v) is 5.15. The van der Waals surface area contributed by atoms with Gasteiger partial charge in [-0.25, -0.2) is 13.4 Å². The molecule has 5 nitrogen and oxygen atoms in total. The molecule has 0 aliphatic carbocycles. The Morgan fingerprint density at radius 2 is 2.06 bits per heavy atom. The van der Waals surface area contributed by atoms with Gasteiger partial charge in [0, 0.05) is 0 Å². The van der Waals surface area contributed by atoms with E-state index in [1.54, 1.807) is 18.7 Å². The fourth-order valence-electron chi connectivity index (χ4n) is 2.15. The van der Waals surface area contributed by atoms with Crippen molar-refractivity contribution in [2.45, 2.75) is 36.2 Å². The highest BCUT2D eigenvalue weighted by Gasteiger charge is 2.54. The van der Waals surface area contributed by atoms with Crippen LogP contribution < -0.4 is 5.32 Å². The normalized spacial score (nSPS) is 41.9. The molecule has 0 radical (unpaired) electrons. The highest BCUT2D eigenvalue weighted by atomic mass is 32.2. The zero-order valence-electron chi connectivity index (χ0n) is 9.38. The second-order valence-electron chi connectivity index (χ2n) is 4.06. The Balaban J connectivity index is 2.22. The number of thioether (sulfide) groups is 1. The van der Waals surface area contributed by atoms with E-state index in [1.807, 2.05) is 0 Å². The molecule has 1 fully saturated rings. The van der Waals surface area contributed by atoms with E-state index in [0.717, 1.165) is 5.17 Å². The number of alkyl halides is 2. The third-order valence-electron chi connectivity index (χ3n) is 3.06. The summed E-state index contributed by atoms with van der Waals surface area (Å²) in [5.74, 6) is 0. The molecule has 2 aliphatic heterocycles. The summed E-state index contributed by atoms with van der Waals surface area (Å²) < 4.78 is 32.1. The minimum atomic E-state index is -2.81. The zero-order valence-corrected chi connectivity index (χ0v) is 10.2. The Kier molecular flexibility index (Phi) is 3.58. The van der Waals surface area contributed by atoms with Crippen molar-refractivity contribution in [3.63, 3.8) is 0 Å². The molecule has 2 heterocycles. The molecule has 0 saturated carbocycles. The summed E-state index contributed by atoms with van der Waals surface area (Å²) in [6.45, 7) is 0. The van der Waals surface area contributed by atoms with Crippen molar-refractivity contribution in [2.75, 3.05) is 14.1 Å². The van der Waals surface area contributed by atoms with E-state index in [2.05, 4.69) is 5.32 Å². The monoisotopic (exact) mass is 269 g/mol. The molecule has 0 aromatic carbocycles. The summed E-state index contributed by atoms with van der Waals surface area (Å²) in [4.78, 5) is 0. The Hall–Kier alpha value is -0.440. The van der Waals surface area contributed by atoms with Crippen LogP contribution in [0.2, 0.25) is 0 Å². The molecular formula is C9H15F2N2O3S+. The van der Waals surface area contributed by atoms with E-state index < -0.39 is 36.2 Å². The molecule has 0 amide bonds. The number of amidine groups is 1. The van der Waals surface area contributed by atoms with Crippen molar-refractivity contribution >= 4 is 16.9 Å². The van der Waals surface area contributed by atoms with Crippen LogP contribution in [-0.2, 0) is 4.74 Å². The van der Waals surface area contributed by atoms with Gasteiger partial charge in [0.25, 0.3) is 6.43 Å². The van der Waals surface area contributed by atoms with E-state index in [-0.39, 0.29) is 0 Å². The number of likely N-dealkylation sites (N-methyl/N-ethyl adjacent to an activating group) is 1. The predicted octanol–water partition coefficient (Wildman–Crippen LogP) is -0.969. The van der Waals surface area contributed by atoms with Crippen LogP contribution >= 0.6 is 11.8 Å². The van der Waals surface area contributed by atoms with Gasteiger partial charge in [-0.3, -0.25) is 5.32 Å². The van der Waals surface area contributed by atoms with Gasteiger partial charge in [0.05, 0.1) is 14.1 Å². The highest BCUT2D eigenvalue weighted by molar-refractivity contribution is 8.14. The largest absolute Gasteiger partial charge is 0.387 e. The average molecular weight is 269 g/mol. The van der Waals surface area contributed by atoms with Crippen LogP contribution in [0.25, 0.3) is 0 Å². The first-order valence-corrected chi connectivity index (χ1v) is 6.09. The number of hydrogen-bond acceptors (Lipinski definition) is 5. The average Bonchev–Trinajstić information content (AvgIpc) is 2.60. The van der Waals surface area contributed by atoms with E-state index in [1.165, 1.54) is 11.8 Å². The fraction of sp³-hybridized carbons (Fsp3) is 0.889. The molecule has 0 spiro atoms. The number of nitrogens with zero attached hydrogens (tertiary/aromatic N) is 1. The Morgan fingerprint density at radius 1 is 1.41 bits per heavy atom. The van der Waals surface area contributed by atoms with Crippen molar-refractivity contribution in [3.05, 3.63) is 0 Å². The minimum absolute atomic E-state index is 0.521. The maximum atomic E-state index is 12.6. The molecule has 2 aliphatic rings. The molecule has 0 aromatic heterocycles. The van der Waals surface area contributed by atoms with Gasteiger partial charge in [-0.2, -0.15) is 0 Å². The number of hydrogen-bond donors (Lipinski definition) is 3. The topological polar surface area (TPSA) is 64.7 Å². The first-order chi connectivity index (χ1) is 7.97. The smallest absolute Gasteiger partial charge is 0.308 e. The van der Waals surface area contributed by atoms with Crippen molar-refractivity contribution in [1.29, 1.82) is 0 Å². The lowest BCUT2D eigenvalue weighted by atomic mass is 9.98. The number of nitrogens with one attached hydrogen (secondary N) is 1. The van der Waals surface area contributed by atoms with Gasteiger partial charge >= 0.3 is 5.17 Å². The molecule has 3 N–H and O–H groups in total. The van der Waals surface area contributed by atoms with Gasteiger partial charge in [0.15, 0.2) is 11.5 Å². The molecular weight excluding hydrogens is 254 g/mol. The van der Waals surface area contributed by atoms with Gasteiger partial charge in [0.1, 0.15) is 18.3 Å². The lowest BCUT2D eigenvalue weighted by Gasteiger charge is -2.37. The summed E-state index contributed by atoms with van der Waals surface area (Å²) in [5, 5.41) is 23.1. The van der Waals surface area contributed by atoms with Gasteiger partial charge in [-0.05, 0) is 11.8 Å². The van der Waals surface area contributed by atoms with Crippen LogP contribution in [0.4, 0.5) is 8.78 Å². The van der Waals surface area contributed by atoms with Gasteiger partial charge < -0.3 is 14.9 Å². The molecule has 98 valence electrons. The summed E-state index contributed by atoms with van der Waals surface area (Å²) in [6, 6.07) is -0.521. The third-order valence-corrected chi connectivity index (χ3v) is 4.40. The maximum Gasteiger partial charge on any atom is 0.308 e. The molecule has 5 atom stereocenters. The van der Waals surface area contributed by atoms with Gasteiger partial charge in [-0.1, -0.05) is 0 Å². The molecule has 2 rings (SSSR count). The summed E-state index contributed by atoms with van der Waals surface area (Å²) in [7, 11) is 3.41. The van der Waals surface area contributed by atoms with E-state index in [4.69, 9.17) is 4.74 Å². The number of aliphatic hydroxyl groups is 2. The number of rotatable bonds is 1. The number of fused-ring (bicyclic) bond motifs is 1. The molecule has 17 heavy (non-hydrogen) atoms. The third kappa shape index (κ3) is 2.03. The lowest BCUT2D eigenvalue weighted by molar-refractivity contribution is -0.561. The lowest BCUT2D eigenvalue weighted by Crippen LogP contribution is -2.59. The number of ether oxygens (including phenoxy) is 1. The van der Waals surface area contributed by atoms with Crippen LogP contribution in [0, 0.1) is 0 Å². The number of halogens is 2. The molecule has 8 heteroatoms. The van der Waals surface area contributed by atoms with Crippen molar-refractivity contribution in [3.8, 4) is 0 Å². The predicted molar refractivity (Wildman–Crippen MR) is 58.3 cm³/mol. The van der Waals surface area contributed by atoms with E-state index in [9.17, 15) is 19.0 Å². The molecule has 5 unspecified atom stereocenters. The highest BCUT2D eigenvalue weighted by Crippen LogP contribution is 2.36. The minimum Gasteiger partial charge on any atom is -0.387 e. The van der Waals surface area contributed by atoms with Crippen LogP contribution in [0.3, 0.4) is 0 Å². The number of aliphatic hydroxyl groups excluding tert-OH is 2. The molecule has 0 bridgehead atoms. The van der Waals surface area contributed by atoms with Crippen LogP contribution in [0.5, 0.6) is 0 Å². The Morgan fingerprint density at radius 3 is 2.59 bits per heavy atom. The van der Waals surface area contributed by atoms with Gasteiger partial charge in [0.2, 0.25) is 0 Å². The molecule has 1 saturated heterocycles. The summed E-state index contributed by atoms with van der Waals surface area (Å²) >= 11 is 1.23. The van der Waals surface area contributed by atoms with Crippen molar-refractivity contribution in [2.24, 2.45) is 0 Å². The second kappa shape index (κ2) is 4.68. The van der Waals surface area contributed by atoms with E-state index >= 15 is 0 Å². The van der Waals surface area contributed by atoms with Crippen LogP contribution in [-0.4, -0.2) is 70.3 Å². The van der Waals surface area contributed by atoms with Gasteiger partial charge in [-0.15, -0.1) is 0 Å². The quantitative estimate of drug-likeness (QED) is 0.535.